The number of carbonyl (C=O) groups excluding carboxylic acids is 2. The normalized spacial score (nSPS) is 15.5. The summed E-state index contributed by atoms with van der Waals surface area (Å²) in [4.78, 5) is 23.4. The van der Waals surface area contributed by atoms with E-state index in [-0.39, 0.29) is 29.9 Å². The SMILES string of the molecule is Cc1ccc(C(=O)OCC(=O)N[C@H](C)C2CC2)c(O)c1. The van der Waals surface area contributed by atoms with Gasteiger partial charge in [-0.1, -0.05) is 6.07 Å². The highest BCUT2D eigenvalue weighted by molar-refractivity contribution is 5.93. The summed E-state index contributed by atoms with van der Waals surface area (Å²) in [7, 11) is 0. The first-order valence-corrected chi connectivity index (χ1v) is 6.73. The molecular weight excluding hydrogens is 258 g/mol. The number of hydrogen-bond donors (Lipinski definition) is 2. The van der Waals surface area contributed by atoms with Gasteiger partial charge in [-0.15, -0.1) is 0 Å². The standard InChI is InChI=1S/C15H19NO4/c1-9-3-6-12(13(17)7-9)15(19)20-8-14(18)16-10(2)11-4-5-11/h3,6-7,10-11,17H,4-5,8H2,1-2H3,(H,16,18)/t10-/m1/s1. The Morgan fingerprint density at radius 1 is 1.45 bits per heavy atom. The second-order valence-corrected chi connectivity index (χ2v) is 5.29. The van der Waals surface area contributed by atoms with Crippen LogP contribution in [-0.2, 0) is 9.53 Å². The number of hydrogen-bond acceptors (Lipinski definition) is 4. The number of amides is 1. The number of rotatable bonds is 5. The molecule has 1 fully saturated rings. The third-order valence-corrected chi connectivity index (χ3v) is 3.43. The quantitative estimate of drug-likeness (QED) is 0.804. The summed E-state index contributed by atoms with van der Waals surface area (Å²) in [6.45, 7) is 3.42. The summed E-state index contributed by atoms with van der Waals surface area (Å²) in [6, 6.07) is 4.78. The first-order chi connectivity index (χ1) is 9.47. The fraction of sp³-hybridized carbons (Fsp3) is 0.467. The van der Waals surface area contributed by atoms with E-state index in [2.05, 4.69) is 5.32 Å². The highest BCUT2D eigenvalue weighted by Gasteiger charge is 2.29. The molecule has 2 N–H and O–H groups in total. The molecule has 20 heavy (non-hydrogen) atoms. The lowest BCUT2D eigenvalue weighted by molar-refractivity contribution is -0.125. The third-order valence-electron chi connectivity index (χ3n) is 3.43. The van der Waals surface area contributed by atoms with Gasteiger partial charge in [0.1, 0.15) is 11.3 Å². The van der Waals surface area contributed by atoms with Gasteiger partial charge in [0.2, 0.25) is 0 Å². The topological polar surface area (TPSA) is 75.6 Å². The van der Waals surface area contributed by atoms with Gasteiger partial charge in [-0.2, -0.15) is 0 Å². The maximum atomic E-state index is 11.8. The number of phenols is 1. The Morgan fingerprint density at radius 3 is 2.75 bits per heavy atom. The molecule has 0 saturated heterocycles. The maximum absolute atomic E-state index is 11.8. The molecule has 108 valence electrons. The van der Waals surface area contributed by atoms with Gasteiger partial charge in [-0.3, -0.25) is 4.79 Å². The molecule has 0 heterocycles. The van der Waals surface area contributed by atoms with Gasteiger partial charge >= 0.3 is 5.97 Å². The molecule has 5 heteroatoms. The molecule has 0 radical (unpaired) electrons. The van der Waals surface area contributed by atoms with Crippen LogP contribution in [-0.4, -0.2) is 29.6 Å². The lowest BCUT2D eigenvalue weighted by Crippen LogP contribution is -2.37. The average molecular weight is 277 g/mol. The average Bonchev–Trinajstić information content (AvgIpc) is 3.20. The van der Waals surface area contributed by atoms with Crippen LogP contribution in [0.4, 0.5) is 0 Å². The largest absolute Gasteiger partial charge is 0.507 e. The molecule has 1 aliphatic rings. The minimum Gasteiger partial charge on any atom is -0.507 e. The summed E-state index contributed by atoms with van der Waals surface area (Å²) in [5, 5.41) is 12.4. The molecule has 1 amide bonds. The summed E-state index contributed by atoms with van der Waals surface area (Å²) in [5.74, 6) is -0.598. The van der Waals surface area contributed by atoms with Crippen LogP contribution in [0.5, 0.6) is 5.75 Å². The Hall–Kier alpha value is -2.04. The molecule has 0 bridgehead atoms. The number of nitrogens with one attached hydrogen (secondary N) is 1. The van der Waals surface area contributed by atoms with Gasteiger partial charge in [-0.05, 0) is 50.3 Å². The van der Waals surface area contributed by atoms with Crippen molar-refractivity contribution < 1.29 is 19.4 Å². The molecule has 0 spiro atoms. The molecule has 1 saturated carbocycles. The second-order valence-electron chi connectivity index (χ2n) is 5.29. The van der Waals surface area contributed by atoms with Crippen molar-refractivity contribution in [2.45, 2.75) is 32.7 Å². The van der Waals surface area contributed by atoms with Crippen LogP contribution in [0.3, 0.4) is 0 Å². The molecule has 2 rings (SSSR count). The van der Waals surface area contributed by atoms with E-state index in [1.165, 1.54) is 12.1 Å². The summed E-state index contributed by atoms with van der Waals surface area (Å²) < 4.78 is 4.90. The molecule has 1 aromatic rings. The number of esters is 1. The number of aryl methyl sites for hydroxylation is 1. The van der Waals surface area contributed by atoms with E-state index >= 15 is 0 Å². The smallest absolute Gasteiger partial charge is 0.342 e. The number of carbonyl (C=O) groups is 2. The molecule has 0 aromatic heterocycles. The van der Waals surface area contributed by atoms with E-state index in [4.69, 9.17) is 4.74 Å². The van der Waals surface area contributed by atoms with Gasteiger partial charge in [0.05, 0.1) is 0 Å². The lowest BCUT2D eigenvalue weighted by atomic mass is 10.1. The van der Waals surface area contributed by atoms with Crippen molar-refractivity contribution in [1.82, 2.24) is 5.32 Å². The van der Waals surface area contributed by atoms with Gasteiger partial charge in [-0.25, -0.2) is 4.79 Å². The van der Waals surface area contributed by atoms with Crippen molar-refractivity contribution in [2.75, 3.05) is 6.61 Å². The minimum absolute atomic E-state index is 0.0682. The zero-order valence-electron chi connectivity index (χ0n) is 11.7. The van der Waals surface area contributed by atoms with Crippen molar-refractivity contribution in [3.63, 3.8) is 0 Å². The zero-order valence-corrected chi connectivity index (χ0v) is 11.7. The first-order valence-electron chi connectivity index (χ1n) is 6.73. The zero-order chi connectivity index (χ0) is 14.7. The van der Waals surface area contributed by atoms with Crippen LogP contribution in [0, 0.1) is 12.8 Å². The predicted octanol–water partition coefficient (Wildman–Crippen LogP) is 1.77. The minimum atomic E-state index is -0.697. The van der Waals surface area contributed by atoms with Crippen molar-refractivity contribution in [3.8, 4) is 5.75 Å². The Labute approximate surface area is 117 Å². The van der Waals surface area contributed by atoms with Gasteiger partial charge in [0, 0.05) is 6.04 Å². The molecule has 5 nitrogen and oxygen atoms in total. The van der Waals surface area contributed by atoms with Crippen LogP contribution in [0.15, 0.2) is 18.2 Å². The van der Waals surface area contributed by atoms with Crippen LogP contribution >= 0.6 is 0 Å². The van der Waals surface area contributed by atoms with E-state index in [1.807, 2.05) is 13.8 Å². The highest BCUT2D eigenvalue weighted by atomic mass is 16.5. The highest BCUT2D eigenvalue weighted by Crippen LogP contribution is 2.32. The van der Waals surface area contributed by atoms with Crippen LogP contribution < -0.4 is 5.32 Å². The Bertz CT molecular complexity index is 523. The Balaban J connectivity index is 1.83. The second kappa shape index (κ2) is 5.94. The number of ether oxygens (including phenoxy) is 1. The van der Waals surface area contributed by atoms with Crippen molar-refractivity contribution in [2.24, 2.45) is 5.92 Å². The molecule has 0 aliphatic heterocycles. The summed E-state index contributed by atoms with van der Waals surface area (Å²) in [5.41, 5.74) is 0.911. The summed E-state index contributed by atoms with van der Waals surface area (Å²) >= 11 is 0. The Kier molecular flexibility index (Phi) is 4.27. The lowest BCUT2D eigenvalue weighted by Gasteiger charge is -2.13. The van der Waals surface area contributed by atoms with Crippen LogP contribution in [0.1, 0.15) is 35.7 Å². The van der Waals surface area contributed by atoms with E-state index in [0.29, 0.717) is 5.92 Å². The van der Waals surface area contributed by atoms with Crippen LogP contribution in [0.25, 0.3) is 0 Å². The molecule has 0 unspecified atom stereocenters. The van der Waals surface area contributed by atoms with Crippen molar-refractivity contribution >= 4 is 11.9 Å². The summed E-state index contributed by atoms with van der Waals surface area (Å²) in [6.07, 6.45) is 2.27. The third kappa shape index (κ3) is 3.73. The van der Waals surface area contributed by atoms with Crippen molar-refractivity contribution in [3.05, 3.63) is 29.3 Å². The fourth-order valence-electron chi connectivity index (χ4n) is 2.03. The van der Waals surface area contributed by atoms with Gasteiger partial charge in [0.25, 0.3) is 5.91 Å². The molecule has 1 atom stereocenters. The van der Waals surface area contributed by atoms with Gasteiger partial charge in [0.15, 0.2) is 6.61 Å². The van der Waals surface area contributed by atoms with E-state index in [0.717, 1.165) is 18.4 Å². The van der Waals surface area contributed by atoms with E-state index in [9.17, 15) is 14.7 Å². The maximum Gasteiger partial charge on any atom is 0.342 e. The molecule has 1 aliphatic carbocycles. The number of phenolic OH excluding ortho intramolecular Hbond substituents is 1. The van der Waals surface area contributed by atoms with Gasteiger partial charge < -0.3 is 15.2 Å². The first kappa shape index (κ1) is 14.4. The van der Waals surface area contributed by atoms with Crippen molar-refractivity contribution in [1.29, 1.82) is 0 Å². The predicted molar refractivity (Wildman–Crippen MR) is 73.5 cm³/mol. The monoisotopic (exact) mass is 277 g/mol. The molecular formula is C15H19NO4. The Morgan fingerprint density at radius 2 is 2.15 bits per heavy atom. The number of benzene rings is 1. The van der Waals surface area contributed by atoms with Crippen LogP contribution in [0.2, 0.25) is 0 Å². The fourth-order valence-corrected chi connectivity index (χ4v) is 2.03. The number of aromatic hydroxyl groups is 1. The van der Waals surface area contributed by atoms with E-state index in [1.54, 1.807) is 6.07 Å². The van der Waals surface area contributed by atoms with E-state index < -0.39 is 5.97 Å². The molecule has 1 aromatic carbocycles.